The largest absolute Gasteiger partial charge is 0.480 e. The monoisotopic (exact) mass is 281 g/mol. The Morgan fingerprint density at radius 2 is 2.00 bits per heavy atom. The van der Waals surface area contributed by atoms with Crippen LogP contribution in [0.15, 0.2) is 18.2 Å². The van der Waals surface area contributed by atoms with Crippen molar-refractivity contribution in [3.8, 4) is 0 Å². The zero-order valence-electron chi connectivity index (χ0n) is 10.3. The Bertz CT molecular complexity index is 588. The fourth-order valence-corrected chi connectivity index (χ4v) is 2.33. The highest BCUT2D eigenvalue weighted by atomic mass is 16.6. The standard InChI is InChI=1S/C11H11N3O6/c15-11(16)9-2-1-5-12(9)8-4-3-7(13(17)18)6-10(8)14(19)20/h3-4,6,9H,1-2,5H2,(H,15,16). The predicted molar refractivity (Wildman–Crippen MR) is 67.8 cm³/mol. The summed E-state index contributed by atoms with van der Waals surface area (Å²) in [6, 6.07) is 2.39. The molecule has 1 atom stereocenters. The molecule has 0 radical (unpaired) electrons. The van der Waals surface area contributed by atoms with Crippen LogP contribution >= 0.6 is 0 Å². The van der Waals surface area contributed by atoms with Gasteiger partial charge in [-0.2, -0.15) is 0 Å². The molecular weight excluding hydrogens is 270 g/mol. The Labute approximate surface area is 112 Å². The number of rotatable bonds is 4. The lowest BCUT2D eigenvalue weighted by atomic mass is 10.2. The number of carboxylic acids is 1. The predicted octanol–water partition coefficient (Wildman–Crippen LogP) is 1.56. The summed E-state index contributed by atoms with van der Waals surface area (Å²) in [6.07, 6.45) is 0.995. The minimum atomic E-state index is -1.06. The summed E-state index contributed by atoms with van der Waals surface area (Å²) in [6.45, 7) is 0.371. The van der Waals surface area contributed by atoms with Crippen molar-refractivity contribution in [3.05, 3.63) is 38.4 Å². The summed E-state index contributed by atoms with van der Waals surface area (Å²) in [5.74, 6) is -1.06. The van der Waals surface area contributed by atoms with E-state index in [1.54, 1.807) is 0 Å². The number of hydrogen-bond acceptors (Lipinski definition) is 6. The molecule has 2 rings (SSSR count). The van der Waals surface area contributed by atoms with E-state index in [1.807, 2.05) is 0 Å². The minimum absolute atomic E-state index is 0.102. The van der Waals surface area contributed by atoms with Crippen molar-refractivity contribution in [1.82, 2.24) is 0 Å². The molecule has 0 spiro atoms. The van der Waals surface area contributed by atoms with Gasteiger partial charge in [0.1, 0.15) is 11.7 Å². The lowest BCUT2D eigenvalue weighted by Gasteiger charge is -2.23. The van der Waals surface area contributed by atoms with Crippen molar-refractivity contribution < 1.29 is 19.7 Å². The first-order valence-corrected chi connectivity index (χ1v) is 5.84. The maximum Gasteiger partial charge on any atom is 0.326 e. The molecule has 0 aromatic heterocycles. The third-order valence-corrected chi connectivity index (χ3v) is 3.21. The Morgan fingerprint density at radius 3 is 2.55 bits per heavy atom. The van der Waals surface area contributed by atoms with Crippen molar-refractivity contribution >= 4 is 23.0 Å². The normalized spacial score (nSPS) is 18.0. The van der Waals surface area contributed by atoms with Crippen LogP contribution < -0.4 is 4.90 Å². The van der Waals surface area contributed by atoms with Crippen LogP contribution in [0.3, 0.4) is 0 Å². The molecule has 106 valence electrons. The smallest absolute Gasteiger partial charge is 0.326 e. The fraction of sp³-hybridized carbons (Fsp3) is 0.364. The summed E-state index contributed by atoms with van der Waals surface area (Å²) in [5, 5.41) is 30.8. The van der Waals surface area contributed by atoms with E-state index in [2.05, 4.69) is 0 Å². The molecule has 1 fully saturated rings. The van der Waals surface area contributed by atoms with E-state index in [0.29, 0.717) is 19.4 Å². The van der Waals surface area contributed by atoms with Gasteiger partial charge < -0.3 is 10.0 Å². The molecule has 1 heterocycles. The highest BCUT2D eigenvalue weighted by Crippen LogP contribution is 2.36. The van der Waals surface area contributed by atoms with Gasteiger partial charge in [0.2, 0.25) is 0 Å². The average Bonchev–Trinajstić information content (AvgIpc) is 2.86. The third-order valence-electron chi connectivity index (χ3n) is 3.21. The van der Waals surface area contributed by atoms with E-state index >= 15 is 0 Å². The van der Waals surface area contributed by atoms with Gasteiger partial charge in [0.15, 0.2) is 0 Å². The molecule has 1 unspecified atom stereocenters. The zero-order valence-corrected chi connectivity index (χ0v) is 10.3. The number of carboxylic acid groups (broad SMARTS) is 1. The number of anilines is 1. The Kier molecular flexibility index (Phi) is 3.51. The van der Waals surface area contributed by atoms with Crippen LogP contribution in [0.25, 0.3) is 0 Å². The highest BCUT2D eigenvalue weighted by molar-refractivity contribution is 5.81. The van der Waals surface area contributed by atoms with Crippen LogP contribution in [0.1, 0.15) is 12.8 Å². The first-order chi connectivity index (χ1) is 9.41. The van der Waals surface area contributed by atoms with Gasteiger partial charge in [-0.05, 0) is 18.9 Å². The molecule has 9 heteroatoms. The number of aliphatic carboxylic acids is 1. The van der Waals surface area contributed by atoms with Gasteiger partial charge in [0.05, 0.1) is 15.9 Å². The van der Waals surface area contributed by atoms with Gasteiger partial charge in [-0.1, -0.05) is 0 Å². The quantitative estimate of drug-likeness (QED) is 0.655. The minimum Gasteiger partial charge on any atom is -0.480 e. The van der Waals surface area contributed by atoms with E-state index in [1.165, 1.54) is 11.0 Å². The van der Waals surface area contributed by atoms with Crippen LogP contribution in [0, 0.1) is 20.2 Å². The summed E-state index contributed by atoms with van der Waals surface area (Å²) in [5.41, 5.74) is -0.746. The van der Waals surface area contributed by atoms with Crippen LogP contribution in [0.2, 0.25) is 0 Å². The molecule has 1 aliphatic rings. The number of hydrogen-bond donors (Lipinski definition) is 1. The second-order valence-corrected chi connectivity index (χ2v) is 4.38. The molecule has 1 aromatic rings. The molecule has 1 N–H and O–H groups in total. The first-order valence-electron chi connectivity index (χ1n) is 5.84. The van der Waals surface area contributed by atoms with Gasteiger partial charge in [-0.25, -0.2) is 4.79 Å². The molecule has 9 nitrogen and oxygen atoms in total. The van der Waals surface area contributed by atoms with Gasteiger partial charge >= 0.3 is 5.97 Å². The lowest BCUT2D eigenvalue weighted by molar-refractivity contribution is -0.393. The van der Waals surface area contributed by atoms with Crippen molar-refractivity contribution in [2.75, 3.05) is 11.4 Å². The Morgan fingerprint density at radius 1 is 1.30 bits per heavy atom. The van der Waals surface area contributed by atoms with E-state index in [4.69, 9.17) is 5.11 Å². The number of nitro benzene ring substituents is 2. The topological polar surface area (TPSA) is 127 Å². The summed E-state index contributed by atoms with van der Waals surface area (Å²) < 4.78 is 0. The number of non-ortho nitro benzene ring substituents is 1. The molecular formula is C11H11N3O6. The molecule has 1 aromatic carbocycles. The summed E-state index contributed by atoms with van der Waals surface area (Å²) in [4.78, 5) is 32.8. The van der Waals surface area contributed by atoms with Crippen LogP contribution in [-0.4, -0.2) is 33.5 Å². The second kappa shape index (κ2) is 5.11. The summed E-state index contributed by atoms with van der Waals surface area (Å²) in [7, 11) is 0. The molecule has 20 heavy (non-hydrogen) atoms. The number of nitro groups is 2. The third kappa shape index (κ3) is 2.37. The molecule has 0 saturated carbocycles. The first kappa shape index (κ1) is 13.7. The van der Waals surface area contributed by atoms with Crippen molar-refractivity contribution in [1.29, 1.82) is 0 Å². The maximum absolute atomic E-state index is 11.1. The zero-order chi connectivity index (χ0) is 14.9. The van der Waals surface area contributed by atoms with Crippen LogP contribution in [0.4, 0.5) is 17.1 Å². The Hall–Kier alpha value is -2.71. The van der Waals surface area contributed by atoms with Crippen LogP contribution in [0.5, 0.6) is 0 Å². The van der Waals surface area contributed by atoms with Crippen molar-refractivity contribution in [3.63, 3.8) is 0 Å². The van der Waals surface area contributed by atoms with Gasteiger partial charge in [-0.15, -0.1) is 0 Å². The molecule has 0 bridgehead atoms. The maximum atomic E-state index is 11.1. The van der Waals surface area contributed by atoms with E-state index < -0.39 is 33.2 Å². The molecule has 0 aliphatic carbocycles. The molecule has 1 saturated heterocycles. The number of carbonyl (C=O) groups is 1. The number of benzene rings is 1. The number of nitrogens with zero attached hydrogens (tertiary/aromatic N) is 3. The van der Waals surface area contributed by atoms with E-state index in [-0.39, 0.29) is 5.69 Å². The van der Waals surface area contributed by atoms with E-state index in [9.17, 15) is 25.0 Å². The highest BCUT2D eigenvalue weighted by Gasteiger charge is 2.35. The average molecular weight is 281 g/mol. The second-order valence-electron chi connectivity index (χ2n) is 4.38. The van der Waals surface area contributed by atoms with Gasteiger partial charge in [0.25, 0.3) is 11.4 Å². The van der Waals surface area contributed by atoms with Gasteiger partial charge in [-0.3, -0.25) is 20.2 Å². The fourth-order valence-electron chi connectivity index (χ4n) is 2.33. The van der Waals surface area contributed by atoms with E-state index in [0.717, 1.165) is 12.1 Å². The lowest BCUT2D eigenvalue weighted by Crippen LogP contribution is -2.36. The van der Waals surface area contributed by atoms with Crippen molar-refractivity contribution in [2.45, 2.75) is 18.9 Å². The van der Waals surface area contributed by atoms with Crippen molar-refractivity contribution in [2.24, 2.45) is 0 Å². The molecule has 1 aliphatic heterocycles. The van der Waals surface area contributed by atoms with Gasteiger partial charge in [0, 0.05) is 12.6 Å². The molecule has 0 amide bonds. The Balaban J connectivity index is 2.48. The summed E-state index contributed by atoms with van der Waals surface area (Å²) >= 11 is 0. The van der Waals surface area contributed by atoms with Crippen LogP contribution in [-0.2, 0) is 4.79 Å². The SMILES string of the molecule is O=C(O)C1CCCN1c1ccc([N+](=O)[O-])cc1[N+](=O)[O-].